The van der Waals surface area contributed by atoms with Crippen LogP contribution in [0.25, 0.3) is 22.3 Å². The number of hydrogen-bond acceptors (Lipinski definition) is 8. The number of aliphatic hydroxyl groups is 1. The van der Waals surface area contributed by atoms with Gasteiger partial charge in [0.1, 0.15) is 6.61 Å². The first kappa shape index (κ1) is 21.1. The van der Waals surface area contributed by atoms with Crippen molar-refractivity contribution in [1.29, 1.82) is 0 Å². The lowest BCUT2D eigenvalue weighted by Crippen LogP contribution is -2.44. The van der Waals surface area contributed by atoms with Crippen molar-refractivity contribution in [2.75, 3.05) is 6.79 Å². The maximum absolute atomic E-state index is 13.5. The standard InChI is InChI=1S/C25H25N3O6/c1-3-25(31)17-7-19-22-15(9-28(19)23(29)16(17)10-32-24(25)30)13(5-4-12(2)26)14-6-20-21(34-11-33-20)8-18(14)27-22/h6-8,12,31H,3-5,9-11,26H2,1-2H3/t12-,25-/m0/s1. The number of aromatic nitrogens is 2. The molecule has 0 bridgehead atoms. The Bertz CT molecular complexity index is 1440. The van der Waals surface area contributed by atoms with Crippen molar-refractivity contribution < 1.29 is 24.1 Å². The van der Waals surface area contributed by atoms with E-state index < -0.39 is 11.6 Å². The Morgan fingerprint density at radius 1 is 1.18 bits per heavy atom. The summed E-state index contributed by atoms with van der Waals surface area (Å²) in [6, 6.07) is 5.54. The van der Waals surface area contributed by atoms with E-state index in [4.69, 9.17) is 24.9 Å². The van der Waals surface area contributed by atoms with Gasteiger partial charge in [-0.1, -0.05) is 6.92 Å². The van der Waals surface area contributed by atoms with Crippen LogP contribution >= 0.6 is 0 Å². The smallest absolute Gasteiger partial charge is 0.343 e. The first-order valence-corrected chi connectivity index (χ1v) is 11.5. The third-order valence-corrected chi connectivity index (χ3v) is 7.15. The quantitative estimate of drug-likeness (QED) is 0.441. The van der Waals surface area contributed by atoms with E-state index in [1.807, 2.05) is 19.1 Å². The summed E-state index contributed by atoms with van der Waals surface area (Å²) >= 11 is 0. The average molecular weight is 463 g/mol. The van der Waals surface area contributed by atoms with Gasteiger partial charge in [0.05, 0.1) is 29.0 Å². The third-order valence-electron chi connectivity index (χ3n) is 7.15. The van der Waals surface area contributed by atoms with Crippen molar-refractivity contribution in [3.8, 4) is 22.9 Å². The van der Waals surface area contributed by atoms with Gasteiger partial charge in [-0.15, -0.1) is 0 Å². The van der Waals surface area contributed by atoms with Crippen LogP contribution in [0.4, 0.5) is 0 Å². The van der Waals surface area contributed by atoms with Crippen molar-refractivity contribution in [3.63, 3.8) is 0 Å². The van der Waals surface area contributed by atoms with Crippen molar-refractivity contribution in [2.24, 2.45) is 5.73 Å². The molecule has 0 saturated carbocycles. The Morgan fingerprint density at radius 3 is 2.68 bits per heavy atom. The van der Waals surface area contributed by atoms with E-state index in [0.717, 1.165) is 28.5 Å². The molecule has 34 heavy (non-hydrogen) atoms. The van der Waals surface area contributed by atoms with E-state index in [1.54, 1.807) is 17.6 Å². The molecule has 0 radical (unpaired) electrons. The van der Waals surface area contributed by atoms with E-state index in [-0.39, 0.29) is 31.4 Å². The molecule has 6 rings (SSSR count). The number of cyclic esters (lactones) is 1. The number of esters is 1. The van der Waals surface area contributed by atoms with Gasteiger partial charge in [0, 0.05) is 28.6 Å². The minimum absolute atomic E-state index is 0.00871. The highest BCUT2D eigenvalue weighted by molar-refractivity contribution is 5.91. The summed E-state index contributed by atoms with van der Waals surface area (Å²) in [7, 11) is 0. The molecule has 0 fully saturated rings. The minimum atomic E-state index is -1.86. The Kier molecular flexibility index (Phi) is 4.53. The summed E-state index contributed by atoms with van der Waals surface area (Å²) in [5.41, 5.74) is 8.55. The van der Waals surface area contributed by atoms with E-state index >= 15 is 0 Å². The monoisotopic (exact) mass is 463 g/mol. The van der Waals surface area contributed by atoms with Crippen LogP contribution in [0.1, 0.15) is 48.9 Å². The highest BCUT2D eigenvalue weighted by Crippen LogP contribution is 2.43. The Hall–Kier alpha value is -3.43. The zero-order chi connectivity index (χ0) is 23.8. The van der Waals surface area contributed by atoms with Gasteiger partial charge in [0.2, 0.25) is 6.79 Å². The normalized spacial score (nSPS) is 20.6. The SMILES string of the molecule is CC[C@@]1(O)C(=O)OCc2c1cc1n(c2=O)Cc2c-1nc1cc3c(cc1c2CC[C@H](C)N)OCO3. The number of ether oxygens (including phenoxy) is 3. The minimum Gasteiger partial charge on any atom is -0.458 e. The molecule has 0 spiro atoms. The highest BCUT2D eigenvalue weighted by Gasteiger charge is 2.45. The lowest BCUT2D eigenvalue weighted by Gasteiger charge is -2.31. The number of carbonyl (C=O) groups is 1. The molecule has 0 aliphatic carbocycles. The number of pyridine rings is 2. The molecule has 9 nitrogen and oxygen atoms in total. The first-order chi connectivity index (χ1) is 16.3. The van der Waals surface area contributed by atoms with Crippen LogP contribution in [0.15, 0.2) is 23.0 Å². The molecule has 0 unspecified atom stereocenters. The predicted molar refractivity (Wildman–Crippen MR) is 123 cm³/mol. The highest BCUT2D eigenvalue weighted by atomic mass is 16.7. The maximum Gasteiger partial charge on any atom is 0.343 e. The fraction of sp³-hybridized carbons (Fsp3) is 0.400. The van der Waals surface area contributed by atoms with Gasteiger partial charge < -0.3 is 29.6 Å². The molecule has 9 heteroatoms. The Balaban J connectivity index is 1.62. The molecule has 5 heterocycles. The molecule has 2 atom stereocenters. The number of carbonyl (C=O) groups excluding carboxylic acids is 1. The molecular weight excluding hydrogens is 438 g/mol. The number of nitrogens with zero attached hydrogens (tertiary/aromatic N) is 2. The van der Waals surface area contributed by atoms with Crippen LogP contribution in [-0.2, 0) is 34.7 Å². The fourth-order valence-electron chi connectivity index (χ4n) is 5.21. The maximum atomic E-state index is 13.5. The Morgan fingerprint density at radius 2 is 1.94 bits per heavy atom. The molecule has 2 aromatic heterocycles. The van der Waals surface area contributed by atoms with E-state index in [1.165, 1.54) is 0 Å². The second kappa shape index (κ2) is 7.28. The third kappa shape index (κ3) is 2.83. The van der Waals surface area contributed by atoms with E-state index in [2.05, 4.69) is 0 Å². The molecule has 3 aliphatic rings. The zero-order valence-corrected chi connectivity index (χ0v) is 19.0. The largest absolute Gasteiger partial charge is 0.458 e. The summed E-state index contributed by atoms with van der Waals surface area (Å²) in [6.45, 7) is 4.02. The zero-order valence-electron chi connectivity index (χ0n) is 19.0. The molecular formula is C25H25N3O6. The van der Waals surface area contributed by atoms with Gasteiger partial charge in [-0.2, -0.15) is 0 Å². The van der Waals surface area contributed by atoms with Crippen LogP contribution < -0.4 is 20.8 Å². The second-order valence-corrected chi connectivity index (χ2v) is 9.26. The molecule has 3 aromatic rings. The summed E-state index contributed by atoms with van der Waals surface area (Å²) in [4.78, 5) is 30.8. The van der Waals surface area contributed by atoms with Crippen LogP contribution in [0.5, 0.6) is 11.5 Å². The van der Waals surface area contributed by atoms with Crippen molar-refractivity contribution in [1.82, 2.24) is 9.55 Å². The van der Waals surface area contributed by atoms with Crippen molar-refractivity contribution in [2.45, 2.75) is 57.9 Å². The fourth-order valence-corrected chi connectivity index (χ4v) is 5.21. The average Bonchev–Trinajstić information content (AvgIpc) is 3.42. The summed E-state index contributed by atoms with van der Waals surface area (Å²) in [6.07, 6.45) is 1.57. The van der Waals surface area contributed by atoms with E-state index in [0.29, 0.717) is 47.0 Å². The lowest BCUT2D eigenvalue weighted by molar-refractivity contribution is -0.172. The van der Waals surface area contributed by atoms with Gasteiger partial charge in [0.25, 0.3) is 5.56 Å². The van der Waals surface area contributed by atoms with Gasteiger partial charge in [-0.25, -0.2) is 9.78 Å². The van der Waals surface area contributed by atoms with Gasteiger partial charge in [-0.3, -0.25) is 4.79 Å². The lowest BCUT2D eigenvalue weighted by atomic mass is 9.86. The summed E-state index contributed by atoms with van der Waals surface area (Å²) in [5.74, 6) is 0.562. The Labute approximate surface area is 195 Å². The van der Waals surface area contributed by atoms with E-state index in [9.17, 15) is 14.7 Å². The number of benzene rings is 1. The van der Waals surface area contributed by atoms with Crippen LogP contribution in [0, 0.1) is 0 Å². The molecule has 0 saturated heterocycles. The first-order valence-electron chi connectivity index (χ1n) is 11.5. The van der Waals surface area contributed by atoms with Crippen molar-refractivity contribution in [3.05, 3.63) is 50.8 Å². The van der Waals surface area contributed by atoms with Crippen LogP contribution in [0.3, 0.4) is 0 Å². The summed E-state index contributed by atoms with van der Waals surface area (Å²) < 4.78 is 18.0. The molecule has 3 N–H and O–H groups in total. The summed E-state index contributed by atoms with van der Waals surface area (Å²) in [5, 5.41) is 12.0. The molecule has 3 aliphatic heterocycles. The number of fused-ring (bicyclic) bond motifs is 6. The van der Waals surface area contributed by atoms with Gasteiger partial charge in [0.15, 0.2) is 17.1 Å². The van der Waals surface area contributed by atoms with Crippen LogP contribution in [0.2, 0.25) is 0 Å². The van der Waals surface area contributed by atoms with Gasteiger partial charge >= 0.3 is 5.97 Å². The van der Waals surface area contributed by atoms with Crippen LogP contribution in [-0.4, -0.2) is 33.5 Å². The molecule has 1 aromatic carbocycles. The predicted octanol–water partition coefficient (Wildman–Crippen LogP) is 2.09. The molecule has 176 valence electrons. The number of aryl methyl sites for hydroxylation is 1. The number of hydrogen-bond donors (Lipinski definition) is 2. The second-order valence-electron chi connectivity index (χ2n) is 9.26. The molecule has 0 amide bonds. The van der Waals surface area contributed by atoms with Crippen molar-refractivity contribution >= 4 is 16.9 Å². The van der Waals surface area contributed by atoms with Gasteiger partial charge in [-0.05, 0) is 43.9 Å². The number of nitrogens with two attached hydrogens (primary N) is 1. The topological polar surface area (TPSA) is 126 Å². The number of rotatable bonds is 4.